The first-order chi connectivity index (χ1) is 20.8. The van der Waals surface area contributed by atoms with Crippen LogP contribution in [0.25, 0.3) is 22.0 Å². The van der Waals surface area contributed by atoms with Crippen LogP contribution in [0.5, 0.6) is 0 Å². The molecular formula is C35H34FNO5S2. The highest BCUT2D eigenvalue weighted by Gasteiger charge is 2.27. The fraction of sp³-hybridized carbons (Fsp3) is 0.229. The summed E-state index contributed by atoms with van der Waals surface area (Å²) in [5, 5.41) is 11.1. The van der Waals surface area contributed by atoms with Crippen molar-refractivity contribution in [2.45, 2.75) is 35.3 Å². The number of nitrogens with zero attached hydrogens (tertiary/aromatic N) is 1. The van der Waals surface area contributed by atoms with E-state index in [0.29, 0.717) is 6.42 Å². The van der Waals surface area contributed by atoms with Gasteiger partial charge < -0.3 is 5.11 Å². The van der Waals surface area contributed by atoms with Gasteiger partial charge in [0.1, 0.15) is 15.7 Å². The highest BCUT2D eigenvalue weighted by molar-refractivity contribution is 7.91. The van der Waals surface area contributed by atoms with E-state index in [1.54, 1.807) is 37.4 Å². The van der Waals surface area contributed by atoms with Gasteiger partial charge in [-0.15, -0.1) is 0 Å². The van der Waals surface area contributed by atoms with Gasteiger partial charge in [-0.2, -0.15) is 0 Å². The van der Waals surface area contributed by atoms with Gasteiger partial charge in [0, 0.05) is 41.5 Å². The molecule has 1 heterocycles. The Kier molecular flexibility index (Phi) is 9.02. The molecule has 228 valence electrons. The highest BCUT2D eigenvalue weighted by atomic mass is 32.2. The van der Waals surface area contributed by atoms with Gasteiger partial charge in [0.25, 0.3) is 0 Å². The molecule has 3 atom stereocenters. The van der Waals surface area contributed by atoms with Crippen molar-refractivity contribution in [2.75, 3.05) is 19.1 Å². The molecule has 0 aliphatic rings. The average Bonchev–Trinajstić information content (AvgIpc) is 2.99. The van der Waals surface area contributed by atoms with E-state index in [4.69, 9.17) is 0 Å². The first-order valence-electron chi connectivity index (χ1n) is 14.2. The number of benzene rings is 4. The number of fused-ring (bicyclic) bond motifs is 1. The molecule has 5 aromatic rings. The van der Waals surface area contributed by atoms with Crippen molar-refractivity contribution in [1.82, 2.24) is 4.98 Å². The molecule has 0 saturated heterocycles. The molecule has 0 aliphatic carbocycles. The number of sulfone groups is 2. The molecule has 0 amide bonds. The van der Waals surface area contributed by atoms with Crippen LogP contribution in [0.2, 0.25) is 0 Å². The highest BCUT2D eigenvalue weighted by Crippen LogP contribution is 2.41. The van der Waals surface area contributed by atoms with Gasteiger partial charge >= 0.3 is 0 Å². The van der Waals surface area contributed by atoms with E-state index in [1.165, 1.54) is 30.5 Å². The lowest BCUT2D eigenvalue weighted by molar-refractivity contribution is 0.255. The lowest BCUT2D eigenvalue weighted by Gasteiger charge is -2.28. The van der Waals surface area contributed by atoms with Crippen LogP contribution in [-0.4, -0.2) is 51.3 Å². The van der Waals surface area contributed by atoms with E-state index >= 15 is 0 Å². The number of hydrogen-bond donors (Lipinski definition) is 1. The summed E-state index contributed by atoms with van der Waals surface area (Å²) in [5.41, 5.74) is 5.73. The fourth-order valence-electron chi connectivity index (χ4n) is 5.67. The molecule has 9 heteroatoms. The van der Waals surface area contributed by atoms with Crippen molar-refractivity contribution in [3.63, 3.8) is 0 Å². The first-order valence-corrected chi connectivity index (χ1v) is 18.0. The first kappa shape index (κ1) is 31.5. The van der Waals surface area contributed by atoms with Gasteiger partial charge in [-0.3, -0.25) is 4.98 Å². The molecule has 0 spiro atoms. The fourth-order valence-corrected chi connectivity index (χ4v) is 6.79. The monoisotopic (exact) mass is 631 g/mol. The molecule has 6 nitrogen and oxygen atoms in total. The maximum absolute atomic E-state index is 14.0. The summed E-state index contributed by atoms with van der Waals surface area (Å²) >= 11 is 0. The standard InChI is InChI=1S/C35H34FNO5S2/c1-23(43(2,39)40)18-24-19-29-8-5-17-37-35(29)32(20-24)27-6-4-7-28(21-27)34(26-9-13-30(36)14-10-26)33(22-38)25-11-15-31(16-12-25)44(3,41)42/h4-17,19-21,23,33-34,38H,18,22H2,1-3H3. The van der Waals surface area contributed by atoms with Gasteiger partial charge in [-0.25, -0.2) is 21.2 Å². The molecule has 44 heavy (non-hydrogen) atoms. The Morgan fingerprint density at radius 3 is 2.11 bits per heavy atom. The molecule has 0 bridgehead atoms. The van der Waals surface area contributed by atoms with Crippen LogP contribution in [0.1, 0.15) is 41.0 Å². The number of aromatic nitrogens is 1. The number of pyridine rings is 1. The van der Waals surface area contributed by atoms with Crippen LogP contribution in [0, 0.1) is 5.82 Å². The summed E-state index contributed by atoms with van der Waals surface area (Å²) in [6.45, 7) is 1.46. The second-order valence-electron chi connectivity index (χ2n) is 11.3. The molecular weight excluding hydrogens is 598 g/mol. The Balaban J connectivity index is 1.65. The van der Waals surface area contributed by atoms with E-state index < -0.39 is 36.8 Å². The Morgan fingerprint density at radius 1 is 0.795 bits per heavy atom. The van der Waals surface area contributed by atoms with Crippen molar-refractivity contribution in [1.29, 1.82) is 0 Å². The Hall–Kier alpha value is -3.92. The smallest absolute Gasteiger partial charge is 0.175 e. The molecule has 0 radical (unpaired) electrons. The van der Waals surface area contributed by atoms with Crippen molar-refractivity contribution in [3.05, 3.63) is 131 Å². The molecule has 1 aromatic heterocycles. The van der Waals surface area contributed by atoms with Crippen molar-refractivity contribution in [3.8, 4) is 11.1 Å². The molecule has 4 aromatic carbocycles. The zero-order valence-corrected chi connectivity index (χ0v) is 26.3. The third-order valence-corrected chi connectivity index (χ3v) is 10.9. The summed E-state index contributed by atoms with van der Waals surface area (Å²) in [5.74, 6) is -1.25. The summed E-state index contributed by atoms with van der Waals surface area (Å²) in [6, 6.07) is 28.3. The van der Waals surface area contributed by atoms with Crippen molar-refractivity contribution in [2.24, 2.45) is 0 Å². The van der Waals surface area contributed by atoms with E-state index in [9.17, 15) is 26.3 Å². The van der Waals surface area contributed by atoms with E-state index in [0.717, 1.165) is 50.5 Å². The van der Waals surface area contributed by atoms with Crippen LogP contribution in [0.3, 0.4) is 0 Å². The van der Waals surface area contributed by atoms with Gasteiger partial charge in [-0.1, -0.05) is 54.6 Å². The van der Waals surface area contributed by atoms with Crippen LogP contribution in [0.15, 0.2) is 108 Å². The van der Waals surface area contributed by atoms with Gasteiger partial charge in [0.05, 0.1) is 22.3 Å². The summed E-state index contributed by atoms with van der Waals surface area (Å²) in [4.78, 5) is 4.83. The quantitative estimate of drug-likeness (QED) is 0.193. The predicted molar refractivity (Wildman–Crippen MR) is 173 cm³/mol. The molecule has 0 fully saturated rings. The Morgan fingerprint density at radius 2 is 1.48 bits per heavy atom. The second-order valence-corrected chi connectivity index (χ2v) is 15.8. The van der Waals surface area contributed by atoms with E-state index in [1.807, 2.05) is 48.5 Å². The third kappa shape index (κ3) is 6.90. The third-order valence-electron chi connectivity index (χ3n) is 8.14. The zero-order chi connectivity index (χ0) is 31.6. The SMILES string of the molecule is CC(Cc1cc(-c2cccc(C(c3ccc(F)cc3)C(CO)c3ccc(S(C)(=O)=O)cc3)c2)c2ncccc2c1)S(C)(=O)=O. The van der Waals surface area contributed by atoms with Gasteiger partial charge in [0.2, 0.25) is 0 Å². The van der Waals surface area contributed by atoms with Crippen LogP contribution >= 0.6 is 0 Å². The summed E-state index contributed by atoms with van der Waals surface area (Å²) in [7, 11) is -6.63. The lowest BCUT2D eigenvalue weighted by atomic mass is 9.77. The topological polar surface area (TPSA) is 101 Å². The normalized spacial score (nSPS) is 14.3. The maximum atomic E-state index is 14.0. The van der Waals surface area contributed by atoms with E-state index in [-0.39, 0.29) is 17.3 Å². The van der Waals surface area contributed by atoms with Crippen LogP contribution < -0.4 is 0 Å². The van der Waals surface area contributed by atoms with Gasteiger partial charge in [0.15, 0.2) is 9.84 Å². The molecule has 1 N–H and O–H groups in total. The molecule has 0 saturated carbocycles. The lowest BCUT2D eigenvalue weighted by Crippen LogP contribution is -2.18. The number of rotatable bonds is 10. The van der Waals surface area contributed by atoms with Crippen molar-refractivity contribution >= 4 is 30.6 Å². The zero-order valence-electron chi connectivity index (χ0n) is 24.7. The number of aliphatic hydroxyl groups is 1. The Labute approximate surface area is 258 Å². The average molecular weight is 632 g/mol. The minimum absolute atomic E-state index is 0.183. The predicted octanol–water partition coefficient (Wildman–Crippen LogP) is 6.33. The Bertz CT molecular complexity index is 2010. The molecule has 0 aliphatic heterocycles. The minimum atomic E-state index is -3.40. The number of aliphatic hydroxyl groups excluding tert-OH is 1. The number of halogens is 1. The minimum Gasteiger partial charge on any atom is -0.396 e. The van der Waals surface area contributed by atoms with Crippen LogP contribution in [0.4, 0.5) is 4.39 Å². The molecule has 3 unspecified atom stereocenters. The number of hydrogen-bond acceptors (Lipinski definition) is 6. The maximum Gasteiger partial charge on any atom is 0.175 e. The summed E-state index contributed by atoms with van der Waals surface area (Å²) in [6.07, 6.45) is 4.46. The van der Waals surface area contributed by atoms with Gasteiger partial charge in [-0.05, 0) is 83.6 Å². The molecule has 5 rings (SSSR count). The van der Waals surface area contributed by atoms with Crippen LogP contribution in [-0.2, 0) is 26.1 Å². The van der Waals surface area contributed by atoms with Crippen molar-refractivity contribution < 1.29 is 26.3 Å². The second kappa shape index (κ2) is 12.6. The summed E-state index contributed by atoms with van der Waals surface area (Å²) < 4.78 is 62.6. The van der Waals surface area contributed by atoms with E-state index in [2.05, 4.69) is 4.98 Å². The largest absolute Gasteiger partial charge is 0.396 e.